The van der Waals surface area contributed by atoms with Gasteiger partial charge in [-0.05, 0) is 95.9 Å². The number of rotatable bonds is 16. The Morgan fingerprint density at radius 1 is 0.762 bits per heavy atom. The van der Waals surface area contributed by atoms with E-state index in [1.807, 2.05) is 18.2 Å². The molecule has 1 aliphatic carbocycles. The molecule has 0 amide bonds. The van der Waals surface area contributed by atoms with E-state index in [2.05, 4.69) is 13.0 Å². The molecule has 1 aliphatic rings. The van der Waals surface area contributed by atoms with Gasteiger partial charge in [-0.25, -0.2) is 0 Å². The van der Waals surface area contributed by atoms with Crippen LogP contribution in [0.1, 0.15) is 100 Å². The van der Waals surface area contributed by atoms with E-state index >= 15 is 0 Å². The second-order valence-corrected chi connectivity index (χ2v) is 12.9. The van der Waals surface area contributed by atoms with Crippen molar-refractivity contribution in [2.24, 2.45) is 0 Å². The van der Waals surface area contributed by atoms with Gasteiger partial charge >= 0.3 is 18.0 Å². The van der Waals surface area contributed by atoms with Crippen molar-refractivity contribution in [1.82, 2.24) is 0 Å². The highest BCUT2D eigenvalue weighted by Crippen LogP contribution is 2.51. The number of thioether (sulfide) groups is 1. The van der Waals surface area contributed by atoms with Gasteiger partial charge in [0.05, 0.1) is 0 Å². The molecule has 2 nitrogen and oxygen atoms in total. The number of hydrogen-bond acceptors (Lipinski definition) is 3. The number of alkyl halides is 7. The van der Waals surface area contributed by atoms with Crippen LogP contribution in [0.15, 0.2) is 42.5 Å². The van der Waals surface area contributed by atoms with Crippen LogP contribution in [-0.2, 0) is 11.8 Å². The number of fused-ring (bicyclic) bond motifs is 1. The predicted octanol–water partition coefficient (Wildman–Crippen LogP) is 10.6. The molecule has 2 aromatic carbocycles. The van der Waals surface area contributed by atoms with Gasteiger partial charge in [0.15, 0.2) is 0 Å². The molecule has 236 valence electrons. The molecule has 2 N–H and O–H groups in total. The van der Waals surface area contributed by atoms with Crippen molar-refractivity contribution in [2.45, 2.75) is 113 Å². The Bertz CT molecular complexity index is 1120. The van der Waals surface area contributed by atoms with E-state index in [0.717, 1.165) is 64.2 Å². The van der Waals surface area contributed by atoms with Crippen LogP contribution in [-0.4, -0.2) is 39.7 Å². The van der Waals surface area contributed by atoms with Gasteiger partial charge in [0.1, 0.15) is 11.5 Å². The van der Waals surface area contributed by atoms with E-state index in [1.165, 1.54) is 28.5 Å². The van der Waals surface area contributed by atoms with Crippen LogP contribution in [0, 0.1) is 0 Å². The highest BCUT2D eigenvalue weighted by atomic mass is 32.2. The second-order valence-electron chi connectivity index (χ2n) is 11.7. The van der Waals surface area contributed by atoms with Crippen molar-refractivity contribution in [2.75, 3.05) is 11.5 Å². The molecule has 0 aromatic heterocycles. The molecule has 0 saturated heterocycles. The molecule has 0 saturated carbocycles. The quantitative estimate of drug-likeness (QED) is 0.145. The summed E-state index contributed by atoms with van der Waals surface area (Å²) in [6.07, 6.45) is 1.82. The average molecular weight is 623 g/mol. The molecule has 2 atom stereocenters. The number of benzene rings is 2. The number of phenolic OH excluding ortho intramolecular Hbond substituents is 2. The molecule has 2 aromatic rings. The molecule has 0 aliphatic heterocycles. The number of halogens is 7. The van der Waals surface area contributed by atoms with Gasteiger partial charge in [0.2, 0.25) is 0 Å². The molecule has 0 radical (unpaired) electrons. The predicted molar refractivity (Wildman–Crippen MR) is 154 cm³/mol. The van der Waals surface area contributed by atoms with Crippen molar-refractivity contribution >= 4 is 11.8 Å². The van der Waals surface area contributed by atoms with E-state index in [4.69, 9.17) is 0 Å². The zero-order chi connectivity index (χ0) is 31.0. The van der Waals surface area contributed by atoms with Gasteiger partial charge in [0, 0.05) is 6.42 Å². The first-order valence-corrected chi connectivity index (χ1v) is 15.9. The van der Waals surface area contributed by atoms with Crippen molar-refractivity contribution in [3.05, 3.63) is 59.2 Å². The molecule has 0 bridgehead atoms. The lowest BCUT2D eigenvalue weighted by Crippen LogP contribution is -2.51. The summed E-state index contributed by atoms with van der Waals surface area (Å²) in [6, 6.07) is 13.2. The minimum atomic E-state index is -6.26. The highest BCUT2D eigenvalue weighted by molar-refractivity contribution is 7.99. The maximum Gasteiger partial charge on any atom is 0.459 e. The lowest BCUT2D eigenvalue weighted by atomic mass is 9.60. The van der Waals surface area contributed by atoms with Crippen LogP contribution in [0.25, 0.3) is 0 Å². The lowest BCUT2D eigenvalue weighted by molar-refractivity contribution is -0.355. The first kappa shape index (κ1) is 34.4. The second kappa shape index (κ2) is 14.6. The third-order valence-electron chi connectivity index (χ3n) is 8.59. The maximum absolute atomic E-state index is 13.3. The van der Waals surface area contributed by atoms with E-state index in [1.54, 1.807) is 18.2 Å². The number of hydrogen-bond donors (Lipinski definition) is 2. The molecular weight excluding hydrogens is 581 g/mol. The molecule has 10 heteroatoms. The smallest absolute Gasteiger partial charge is 0.459 e. The maximum atomic E-state index is 13.3. The SMILES string of the molecule is CC1(c2ccc(O)cc2)CCc2cc(O)ccc2C1CCCCCCCCCSCCCC(F)(F)C(F)(F)C(F)(F)F. The van der Waals surface area contributed by atoms with Gasteiger partial charge in [-0.1, -0.05) is 63.6 Å². The van der Waals surface area contributed by atoms with Gasteiger partial charge in [0.25, 0.3) is 0 Å². The van der Waals surface area contributed by atoms with Crippen molar-refractivity contribution in [1.29, 1.82) is 0 Å². The van der Waals surface area contributed by atoms with E-state index in [-0.39, 0.29) is 22.7 Å². The summed E-state index contributed by atoms with van der Waals surface area (Å²) in [5, 5.41) is 19.8. The standard InChI is InChI=1S/C32H41F7O2S/c1-29(24-11-13-25(40)14-12-24)19-17-23-22-26(41)15-16-27(23)28(29)10-7-5-3-2-4-6-8-20-42-21-9-18-30(33,34)31(35,36)32(37,38)39/h11-16,22,28,40-41H,2-10,17-21H2,1H3. The summed E-state index contributed by atoms with van der Waals surface area (Å²) in [5.74, 6) is -9.50. The Kier molecular flexibility index (Phi) is 11.9. The summed E-state index contributed by atoms with van der Waals surface area (Å²) >= 11 is 1.30. The number of aryl methyl sites for hydroxylation is 1. The number of aromatic hydroxyl groups is 2. The minimum Gasteiger partial charge on any atom is -0.508 e. The zero-order valence-electron chi connectivity index (χ0n) is 24.0. The Balaban J connectivity index is 1.34. The molecular formula is C32H41F7O2S. The fourth-order valence-electron chi connectivity index (χ4n) is 6.02. The largest absolute Gasteiger partial charge is 0.508 e. The fourth-order valence-corrected chi connectivity index (χ4v) is 6.98. The van der Waals surface area contributed by atoms with Crippen LogP contribution in [0.5, 0.6) is 11.5 Å². The Morgan fingerprint density at radius 3 is 1.98 bits per heavy atom. The van der Waals surface area contributed by atoms with E-state index in [0.29, 0.717) is 11.7 Å². The zero-order valence-corrected chi connectivity index (χ0v) is 24.8. The number of phenols is 2. The molecule has 42 heavy (non-hydrogen) atoms. The monoisotopic (exact) mass is 622 g/mol. The topological polar surface area (TPSA) is 40.5 Å². The van der Waals surface area contributed by atoms with Crippen LogP contribution < -0.4 is 0 Å². The van der Waals surface area contributed by atoms with Gasteiger partial charge in [-0.2, -0.15) is 42.5 Å². The van der Waals surface area contributed by atoms with Crippen molar-refractivity contribution < 1.29 is 40.9 Å². The first-order chi connectivity index (χ1) is 19.7. The van der Waals surface area contributed by atoms with E-state index in [9.17, 15) is 40.9 Å². The third-order valence-corrected chi connectivity index (χ3v) is 9.74. The molecule has 0 heterocycles. The summed E-state index contributed by atoms with van der Waals surface area (Å²) < 4.78 is 89.0. The summed E-state index contributed by atoms with van der Waals surface area (Å²) in [7, 11) is 0. The molecule has 0 fully saturated rings. The van der Waals surface area contributed by atoms with Gasteiger partial charge < -0.3 is 10.2 Å². The van der Waals surface area contributed by atoms with Crippen LogP contribution >= 0.6 is 11.8 Å². The van der Waals surface area contributed by atoms with Gasteiger partial charge in [-0.15, -0.1) is 0 Å². The Labute approximate surface area is 248 Å². The fraction of sp³-hybridized carbons (Fsp3) is 0.625. The minimum absolute atomic E-state index is 0.0789. The lowest BCUT2D eigenvalue weighted by Gasteiger charge is -2.43. The number of unbranched alkanes of at least 4 members (excludes halogenated alkanes) is 6. The van der Waals surface area contributed by atoms with Gasteiger partial charge in [-0.3, -0.25) is 0 Å². The van der Waals surface area contributed by atoms with Crippen LogP contribution in [0.4, 0.5) is 30.7 Å². The van der Waals surface area contributed by atoms with E-state index < -0.39 is 30.9 Å². The summed E-state index contributed by atoms with van der Waals surface area (Å²) in [5.41, 5.74) is 3.60. The molecule has 3 rings (SSSR count). The summed E-state index contributed by atoms with van der Waals surface area (Å²) in [4.78, 5) is 0. The summed E-state index contributed by atoms with van der Waals surface area (Å²) in [6.45, 7) is 2.29. The average Bonchev–Trinajstić information content (AvgIpc) is 2.92. The Morgan fingerprint density at radius 2 is 1.33 bits per heavy atom. The Hall–Kier alpha value is -2.10. The molecule has 2 unspecified atom stereocenters. The first-order valence-electron chi connectivity index (χ1n) is 14.7. The highest BCUT2D eigenvalue weighted by Gasteiger charge is 2.72. The molecule has 0 spiro atoms. The van der Waals surface area contributed by atoms with Crippen LogP contribution in [0.3, 0.4) is 0 Å². The van der Waals surface area contributed by atoms with Crippen LogP contribution in [0.2, 0.25) is 0 Å². The normalized spacial score (nSPS) is 19.6. The van der Waals surface area contributed by atoms with Crippen molar-refractivity contribution in [3.63, 3.8) is 0 Å². The van der Waals surface area contributed by atoms with Crippen molar-refractivity contribution in [3.8, 4) is 11.5 Å². The third kappa shape index (κ3) is 8.50.